The number of fused-ring (bicyclic) bond motifs is 1. The Kier molecular flexibility index (Phi) is 4.01. The third-order valence-corrected chi connectivity index (χ3v) is 3.46. The summed E-state index contributed by atoms with van der Waals surface area (Å²) in [6.45, 7) is 1.79. The monoisotopic (exact) mass is 292 g/mol. The van der Waals surface area contributed by atoms with Crippen LogP contribution in [0.5, 0.6) is 0 Å². The number of carbonyl (C=O) groups is 1. The average molecular weight is 292 g/mol. The lowest BCUT2D eigenvalue weighted by molar-refractivity contribution is -0.120. The molecule has 22 heavy (non-hydrogen) atoms. The average Bonchev–Trinajstić information content (AvgIpc) is 3.07. The van der Waals surface area contributed by atoms with Gasteiger partial charge >= 0.3 is 0 Å². The van der Waals surface area contributed by atoms with Crippen LogP contribution in [-0.2, 0) is 11.2 Å². The Hall–Kier alpha value is -2.88. The lowest BCUT2D eigenvalue weighted by Crippen LogP contribution is -2.21. The van der Waals surface area contributed by atoms with Crippen LogP contribution in [0, 0.1) is 0 Å². The molecule has 0 aliphatic carbocycles. The second-order valence-electron chi connectivity index (χ2n) is 5.02. The third kappa shape index (κ3) is 3.06. The summed E-state index contributed by atoms with van der Waals surface area (Å²) in [5.74, 6) is 0.493. The molecular formula is C18H16N2O2. The number of carbonyl (C=O) groups excluding carboxylic acids is 1. The molecule has 0 radical (unpaired) electrons. The first kappa shape index (κ1) is 14.1. The zero-order valence-corrected chi connectivity index (χ0v) is 12.2. The van der Waals surface area contributed by atoms with Gasteiger partial charge in [-0.1, -0.05) is 42.5 Å². The molecule has 0 unspecified atom stereocenters. The van der Waals surface area contributed by atoms with E-state index in [-0.39, 0.29) is 12.3 Å². The smallest absolute Gasteiger partial charge is 0.244 e. The second-order valence-corrected chi connectivity index (χ2v) is 5.02. The molecule has 0 aliphatic heterocycles. The molecule has 1 amide bonds. The molecule has 0 aliphatic rings. The van der Waals surface area contributed by atoms with Gasteiger partial charge in [0.05, 0.1) is 12.7 Å². The molecule has 3 aromatic rings. The number of hydrogen-bond donors (Lipinski definition) is 1. The van der Waals surface area contributed by atoms with Crippen molar-refractivity contribution in [2.75, 3.05) is 0 Å². The SMILES string of the molecule is C/C(=N/NC(=O)Cc1cccc2ccccc12)c1ccco1. The zero-order chi connectivity index (χ0) is 15.4. The second kappa shape index (κ2) is 6.26. The summed E-state index contributed by atoms with van der Waals surface area (Å²) in [6, 6.07) is 17.6. The molecule has 0 bridgehead atoms. The Labute approximate surface area is 128 Å². The van der Waals surface area contributed by atoms with Crippen molar-refractivity contribution in [3.05, 3.63) is 72.2 Å². The first-order chi connectivity index (χ1) is 10.7. The van der Waals surface area contributed by atoms with Crippen molar-refractivity contribution in [3.8, 4) is 0 Å². The van der Waals surface area contributed by atoms with Crippen LogP contribution in [0.1, 0.15) is 18.2 Å². The van der Waals surface area contributed by atoms with E-state index >= 15 is 0 Å². The number of nitrogens with one attached hydrogen (secondary N) is 1. The summed E-state index contributed by atoms with van der Waals surface area (Å²) in [5, 5.41) is 6.28. The number of rotatable bonds is 4. The number of hydrogen-bond acceptors (Lipinski definition) is 3. The van der Waals surface area contributed by atoms with Gasteiger partial charge in [-0.05, 0) is 35.4 Å². The van der Waals surface area contributed by atoms with Gasteiger partial charge in [-0.3, -0.25) is 4.79 Å². The first-order valence-electron chi connectivity index (χ1n) is 7.07. The van der Waals surface area contributed by atoms with E-state index in [1.54, 1.807) is 25.3 Å². The highest BCUT2D eigenvalue weighted by Crippen LogP contribution is 2.18. The Morgan fingerprint density at radius 1 is 1.09 bits per heavy atom. The maximum absolute atomic E-state index is 12.1. The van der Waals surface area contributed by atoms with Crippen LogP contribution in [0.4, 0.5) is 0 Å². The number of hydrazone groups is 1. The molecule has 0 spiro atoms. The van der Waals surface area contributed by atoms with Crippen LogP contribution >= 0.6 is 0 Å². The highest BCUT2D eigenvalue weighted by Gasteiger charge is 2.07. The summed E-state index contributed by atoms with van der Waals surface area (Å²) in [6.07, 6.45) is 1.86. The lowest BCUT2D eigenvalue weighted by atomic mass is 10.0. The fraction of sp³-hybridized carbons (Fsp3) is 0.111. The minimum Gasteiger partial charge on any atom is -0.463 e. The minimum absolute atomic E-state index is 0.151. The molecule has 0 atom stereocenters. The van der Waals surface area contributed by atoms with Crippen LogP contribution in [0.15, 0.2) is 70.4 Å². The first-order valence-corrected chi connectivity index (χ1v) is 7.07. The van der Waals surface area contributed by atoms with Gasteiger partial charge < -0.3 is 4.42 Å². The summed E-state index contributed by atoms with van der Waals surface area (Å²) in [7, 11) is 0. The fourth-order valence-electron chi connectivity index (χ4n) is 2.34. The van der Waals surface area contributed by atoms with Gasteiger partial charge in [0.25, 0.3) is 0 Å². The summed E-state index contributed by atoms with van der Waals surface area (Å²) < 4.78 is 5.22. The summed E-state index contributed by atoms with van der Waals surface area (Å²) in [4.78, 5) is 12.1. The van der Waals surface area contributed by atoms with Crippen molar-refractivity contribution in [3.63, 3.8) is 0 Å². The molecule has 1 aromatic heterocycles. The Bertz CT molecular complexity index is 815. The standard InChI is InChI=1S/C18H16N2O2/c1-13(17-10-5-11-22-17)19-20-18(21)12-15-8-4-7-14-6-2-3-9-16(14)15/h2-11H,12H2,1H3,(H,20,21)/b19-13-. The Morgan fingerprint density at radius 3 is 2.73 bits per heavy atom. The summed E-state index contributed by atoms with van der Waals surface area (Å²) >= 11 is 0. The van der Waals surface area contributed by atoms with Gasteiger partial charge in [-0.25, -0.2) is 5.43 Å². The normalized spacial score (nSPS) is 11.6. The van der Waals surface area contributed by atoms with Gasteiger partial charge in [0.15, 0.2) is 0 Å². The maximum Gasteiger partial charge on any atom is 0.244 e. The van der Waals surface area contributed by atoms with Gasteiger partial charge in [-0.15, -0.1) is 0 Å². The van der Waals surface area contributed by atoms with Crippen LogP contribution in [0.25, 0.3) is 10.8 Å². The number of benzene rings is 2. The van der Waals surface area contributed by atoms with E-state index < -0.39 is 0 Å². The van der Waals surface area contributed by atoms with Crippen molar-refractivity contribution in [1.29, 1.82) is 0 Å². The van der Waals surface area contributed by atoms with Crippen LogP contribution in [0.3, 0.4) is 0 Å². The van der Waals surface area contributed by atoms with E-state index in [1.165, 1.54) is 0 Å². The molecular weight excluding hydrogens is 276 g/mol. The number of nitrogens with zero attached hydrogens (tertiary/aromatic N) is 1. The lowest BCUT2D eigenvalue weighted by Gasteiger charge is -2.06. The van der Waals surface area contributed by atoms with Gasteiger partial charge in [0.2, 0.25) is 5.91 Å². The molecule has 1 heterocycles. The minimum atomic E-state index is -0.151. The molecule has 0 saturated heterocycles. The number of amides is 1. The van der Waals surface area contributed by atoms with Crippen molar-refractivity contribution in [1.82, 2.24) is 5.43 Å². The van der Waals surface area contributed by atoms with E-state index in [4.69, 9.17) is 4.42 Å². The summed E-state index contributed by atoms with van der Waals surface area (Å²) in [5.41, 5.74) is 4.20. The molecule has 4 heteroatoms. The molecule has 1 N–H and O–H groups in total. The largest absolute Gasteiger partial charge is 0.463 e. The zero-order valence-electron chi connectivity index (χ0n) is 12.2. The van der Waals surface area contributed by atoms with Crippen LogP contribution in [-0.4, -0.2) is 11.6 Å². The van der Waals surface area contributed by atoms with Crippen molar-refractivity contribution >= 4 is 22.4 Å². The molecule has 0 fully saturated rings. The van der Waals surface area contributed by atoms with Crippen molar-refractivity contribution < 1.29 is 9.21 Å². The van der Waals surface area contributed by atoms with Gasteiger partial charge in [-0.2, -0.15) is 5.10 Å². The predicted octanol–water partition coefficient (Wildman–Crippen LogP) is 3.52. The Balaban J connectivity index is 1.72. The molecule has 4 nitrogen and oxygen atoms in total. The van der Waals surface area contributed by atoms with E-state index in [1.807, 2.05) is 42.5 Å². The van der Waals surface area contributed by atoms with Crippen LogP contribution < -0.4 is 5.43 Å². The predicted molar refractivity (Wildman–Crippen MR) is 86.7 cm³/mol. The van der Waals surface area contributed by atoms with Gasteiger partial charge in [0, 0.05) is 0 Å². The highest BCUT2D eigenvalue weighted by atomic mass is 16.3. The van der Waals surface area contributed by atoms with Gasteiger partial charge in [0.1, 0.15) is 11.5 Å². The molecule has 2 aromatic carbocycles. The van der Waals surface area contributed by atoms with E-state index in [0.29, 0.717) is 11.5 Å². The quantitative estimate of drug-likeness (QED) is 0.591. The number of furan rings is 1. The molecule has 110 valence electrons. The fourth-order valence-corrected chi connectivity index (χ4v) is 2.34. The van der Waals surface area contributed by atoms with Crippen LogP contribution in [0.2, 0.25) is 0 Å². The van der Waals surface area contributed by atoms with E-state index in [0.717, 1.165) is 16.3 Å². The van der Waals surface area contributed by atoms with E-state index in [9.17, 15) is 4.79 Å². The van der Waals surface area contributed by atoms with Crippen molar-refractivity contribution in [2.45, 2.75) is 13.3 Å². The highest BCUT2D eigenvalue weighted by molar-refractivity contribution is 5.97. The van der Waals surface area contributed by atoms with Crippen molar-refractivity contribution in [2.24, 2.45) is 5.10 Å². The molecule has 0 saturated carbocycles. The van der Waals surface area contributed by atoms with E-state index in [2.05, 4.69) is 10.5 Å². The maximum atomic E-state index is 12.1. The third-order valence-electron chi connectivity index (χ3n) is 3.46. The molecule has 3 rings (SSSR count). The Morgan fingerprint density at radius 2 is 1.91 bits per heavy atom. The topological polar surface area (TPSA) is 54.6 Å².